The van der Waals surface area contributed by atoms with Crippen molar-refractivity contribution in [1.29, 1.82) is 0 Å². The molecule has 1 fully saturated rings. The van der Waals surface area contributed by atoms with Crippen molar-refractivity contribution in [3.8, 4) is 0 Å². The highest BCUT2D eigenvalue weighted by atomic mass is 16.5. The predicted molar refractivity (Wildman–Crippen MR) is 42.5 cm³/mol. The Labute approximate surface area is 69.9 Å². The van der Waals surface area contributed by atoms with Gasteiger partial charge in [0.2, 0.25) is 5.91 Å². The van der Waals surface area contributed by atoms with Crippen molar-refractivity contribution >= 4 is 5.91 Å². The molecule has 0 radical (unpaired) electrons. The van der Waals surface area contributed by atoms with Crippen LogP contribution in [-0.4, -0.2) is 24.1 Å². The van der Waals surface area contributed by atoms with E-state index in [4.69, 9.17) is 4.74 Å². The number of nitrogens with one attached hydrogen (secondary N) is 2. The van der Waals surface area contributed by atoms with Crippen LogP contribution in [0.3, 0.4) is 0 Å². The van der Waals surface area contributed by atoms with Gasteiger partial charge in [-0.05, 0) is 11.6 Å². The second-order valence-corrected chi connectivity index (χ2v) is 2.78. The van der Waals surface area contributed by atoms with Gasteiger partial charge in [0.15, 0.2) is 0 Å². The van der Waals surface area contributed by atoms with Crippen LogP contribution in [0.25, 0.3) is 0 Å². The molecule has 1 aliphatic heterocycles. The number of carbonyl (C=O) groups excluding carboxylic acids is 1. The van der Waals surface area contributed by atoms with Gasteiger partial charge < -0.3 is 15.0 Å². The maximum absolute atomic E-state index is 10.9. The highest BCUT2D eigenvalue weighted by Crippen LogP contribution is 2.14. The van der Waals surface area contributed by atoms with E-state index in [1.54, 1.807) is 0 Å². The third-order valence-electron chi connectivity index (χ3n) is 1.88. The largest absolute Gasteiger partial charge is 0.369 e. The summed E-state index contributed by atoms with van der Waals surface area (Å²) in [5, 5.41) is 2.83. The molecular formula is C8H10N2O2. The summed E-state index contributed by atoms with van der Waals surface area (Å²) in [5.41, 5.74) is 1.06. The van der Waals surface area contributed by atoms with Crippen LogP contribution in [0.4, 0.5) is 0 Å². The second kappa shape index (κ2) is 2.98. The lowest BCUT2D eigenvalue weighted by atomic mass is 10.1. The Balaban J connectivity index is 2.09. The third-order valence-corrected chi connectivity index (χ3v) is 1.88. The first-order valence-corrected chi connectivity index (χ1v) is 3.86. The van der Waals surface area contributed by atoms with E-state index in [9.17, 15) is 4.79 Å². The fourth-order valence-electron chi connectivity index (χ4n) is 1.28. The molecular weight excluding hydrogens is 156 g/mol. The molecule has 4 nitrogen and oxygen atoms in total. The first kappa shape index (κ1) is 7.36. The first-order valence-electron chi connectivity index (χ1n) is 3.86. The van der Waals surface area contributed by atoms with Gasteiger partial charge in [-0.25, -0.2) is 0 Å². The van der Waals surface area contributed by atoms with Gasteiger partial charge in [-0.2, -0.15) is 0 Å². The highest BCUT2D eigenvalue weighted by molar-refractivity contribution is 5.78. The lowest BCUT2D eigenvalue weighted by Crippen LogP contribution is -2.39. The molecule has 2 rings (SSSR count). The molecule has 0 saturated carbocycles. The van der Waals surface area contributed by atoms with Crippen molar-refractivity contribution in [1.82, 2.24) is 10.3 Å². The van der Waals surface area contributed by atoms with E-state index in [0.717, 1.165) is 5.56 Å². The lowest BCUT2D eigenvalue weighted by Gasteiger charge is -2.22. The summed E-state index contributed by atoms with van der Waals surface area (Å²) < 4.78 is 5.09. The number of H-pyrrole nitrogens is 1. The second-order valence-electron chi connectivity index (χ2n) is 2.78. The molecule has 1 amide bonds. The molecule has 0 unspecified atom stereocenters. The van der Waals surface area contributed by atoms with Crippen LogP contribution in [0.15, 0.2) is 18.5 Å². The van der Waals surface area contributed by atoms with Gasteiger partial charge in [0, 0.05) is 12.4 Å². The first-order chi connectivity index (χ1) is 5.86. The maximum atomic E-state index is 10.9. The summed E-state index contributed by atoms with van der Waals surface area (Å²) in [6, 6.07) is 1.94. The molecule has 1 atom stereocenters. The fourth-order valence-corrected chi connectivity index (χ4v) is 1.28. The fraction of sp³-hybridized carbons (Fsp3) is 0.375. The van der Waals surface area contributed by atoms with Gasteiger partial charge in [0.1, 0.15) is 6.61 Å². The molecule has 1 saturated heterocycles. The van der Waals surface area contributed by atoms with Crippen molar-refractivity contribution < 1.29 is 9.53 Å². The standard InChI is InChI=1S/C8H10N2O2/c11-8-5-12-4-7(10-8)6-1-2-9-3-6/h1-3,7,9H,4-5H2,(H,10,11)/t7-/m0/s1. The van der Waals surface area contributed by atoms with Gasteiger partial charge in [-0.3, -0.25) is 4.79 Å². The monoisotopic (exact) mass is 166 g/mol. The Morgan fingerprint density at radius 3 is 3.17 bits per heavy atom. The van der Waals surface area contributed by atoms with Gasteiger partial charge in [-0.1, -0.05) is 0 Å². The van der Waals surface area contributed by atoms with Crippen LogP contribution in [0, 0.1) is 0 Å². The van der Waals surface area contributed by atoms with Gasteiger partial charge in [0.05, 0.1) is 12.6 Å². The van der Waals surface area contributed by atoms with Gasteiger partial charge in [-0.15, -0.1) is 0 Å². The Morgan fingerprint density at radius 1 is 1.58 bits per heavy atom. The normalized spacial score (nSPS) is 23.7. The summed E-state index contributed by atoms with van der Waals surface area (Å²) in [7, 11) is 0. The topological polar surface area (TPSA) is 54.1 Å². The summed E-state index contributed by atoms with van der Waals surface area (Å²) in [6.45, 7) is 0.741. The van der Waals surface area contributed by atoms with Crippen LogP contribution in [0.5, 0.6) is 0 Å². The molecule has 64 valence electrons. The van der Waals surface area contributed by atoms with Crippen LogP contribution in [-0.2, 0) is 9.53 Å². The Morgan fingerprint density at radius 2 is 2.50 bits per heavy atom. The summed E-state index contributed by atoms with van der Waals surface area (Å²) in [4.78, 5) is 13.9. The Kier molecular flexibility index (Phi) is 1.83. The zero-order chi connectivity index (χ0) is 8.39. The lowest BCUT2D eigenvalue weighted by molar-refractivity contribution is -0.131. The Hall–Kier alpha value is -1.29. The average molecular weight is 166 g/mol. The van der Waals surface area contributed by atoms with Crippen molar-refractivity contribution in [3.05, 3.63) is 24.0 Å². The number of amides is 1. The number of aromatic nitrogens is 1. The van der Waals surface area contributed by atoms with E-state index in [1.807, 2.05) is 18.5 Å². The van der Waals surface area contributed by atoms with Crippen LogP contribution in [0.1, 0.15) is 11.6 Å². The number of rotatable bonds is 1. The number of hydrogen-bond donors (Lipinski definition) is 2. The minimum Gasteiger partial charge on any atom is -0.369 e. The van der Waals surface area contributed by atoms with Crippen LogP contribution < -0.4 is 5.32 Å². The highest BCUT2D eigenvalue weighted by Gasteiger charge is 2.19. The molecule has 4 heteroatoms. The number of carbonyl (C=O) groups is 1. The van der Waals surface area contributed by atoms with Gasteiger partial charge in [0.25, 0.3) is 0 Å². The molecule has 0 aliphatic carbocycles. The van der Waals surface area contributed by atoms with Crippen molar-refractivity contribution in [2.24, 2.45) is 0 Å². The van der Waals surface area contributed by atoms with E-state index >= 15 is 0 Å². The Bertz CT molecular complexity index is 269. The predicted octanol–water partition coefficient (Wildman–Crippen LogP) is 0.202. The molecule has 12 heavy (non-hydrogen) atoms. The SMILES string of the molecule is O=C1COC[C@@H](c2cc[nH]c2)N1. The maximum Gasteiger partial charge on any atom is 0.246 e. The molecule has 2 N–H and O–H groups in total. The van der Waals surface area contributed by atoms with E-state index < -0.39 is 0 Å². The van der Waals surface area contributed by atoms with E-state index in [0.29, 0.717) is 6.61 Å². The zero-order valence-electron chi connectivity index (χ0n) is 6.54. The molecule has 1 aromatic heterocycles. The molecule has 0 spiro atoms. The summed E-state index contributed by atoms with van der Waals surface area (Å²) in [6.07, 6.45) is 3.69. The van der Waals surface area contributed by atoms with E-state index in [-0.39, 0.29) is 18.6 Å². The number of aromatic amines is 1. The number of morpholine rings is 1. The quantitative estimate of drug-likeness (QED) is 0.626. The average Bonchev–Trinajstić information content (AvgIpc) is 2.56. The number of hydrogen-bond acceptors (Lipinski definition) is 2. The molecule has 0 aromatic carbocycles. The molecule has 1 aliphatic rings. The summed E-state index contributed by atoms with van der Waals surface area (Å²) in [5.74, 6) is -0.0487. The van der Waals surface area contributed by atoms with Crippen LogP contribution >= 0.6 is 0 Å². The smallest absolute Gasteiger partial charge is 0.246 e. The van der Waals surface area contributed by atoms with E-state index in [2.05, 4.69) is 10.3 Å². The minimum atomic E-state index is -0.0487. The molecule has 1 aromatic rings. The molecule has 0 bridgehead atoms. The third kappa shape index (κ3) is 1.33. The van der Waals surface area contributed by atoms with Crippen molar-refractivity contribution in [2.75, 3.05) is 13.2 Å². The van der Waals surface area contributed by atoms with Crippen LogP contribution in [0.2, 0.25) is 0 Å². The zero-order valence-corrected chi connectivity index (χ0v) is 6.54. The van der Waals surface area contributed by atoms with E-state index in [1.165, 1.54) is 0 Å². The summed E-state index contributed by atoms with van der Waals surface area (Å²) >= 11 is 0. The van der Waals surface area contributed by atoms with Crippen molar-refractivity contribution in [3.63, 3.8) is 0 Å². The minimum absolute atomic E-state index is 0.0116. The van der Waals surface area contributed by atoms with Crippen molar-refractivity contribution in [2.45, 2.75) is 6.04 Å². The number of ether oxygens (including phenoxy) is 1. The van der Waals surface area contributed by atoms with Gasteiger partial charge >= 0.3 is 0 Å². The molecule has 2 heterocycles.